The van der Waals surface area contributed by atoms with Crippen molar-refractivity contribution in [3.05, 3.63) is 120 Å². The molecular weight excluding hydrogens is 412 g/mol. The summed E-state index contributed by atoms with van der Waals surface area (Å²) in [4.78, 5) is 12.3. The van der Waals surface area contributed by atoms with Gasteiger partial charge in [0.2, 0.25) is 5.91 Å². The zero-order valence-corrected chi connectivity index (χ0v) is 18.2. The minimum atomic E-state index is -0.136. The van der Waals surface area contributed by atoms with Gasteiger partial charge in [0.15, 0.2) is 0 Å². The third kappa shape index (κ3) is 7.14. The van der Waals surface area contributed by atoms with Gasteiger partial charge >= 0.3 is 0 Å². The van der Waals surface area contributed by atoms with Crippen LogP contribution >= 0.6 is 0 Å². The van der Waals surface area contributed by atoms with Gasteiger partial charge in [0, 0.05) is 17.4 Å². The van der Waals surface area contributed by atoms with Crippen LogP contribution in [0.3, 0.4) is 0 Å². The lowest BCUT2D eigenvalue weighted by Crippen LogP contribution is -2.21. The quantitative estimate of drug-likeness (QED) is 0.324. The monoisotopic (exact) mass is 438 g/mol. The van der Waals surface area contributed by atoms with Crippen LogP contribution in [0.25, 0.3) is 0 Å². The van der Waals surface area contributed by atoms with Gasteiger partial charge in [-0.1, -0.05) is 66.7 Å². The number of hydrogen-bond donors (Lipinski definition) is 2. The van der Waals surface area contributed by atoms with E-state index in [0.29, 0.717) is 18.9 Å². The van der Waals surface area contributed by atoms with E-state index in [-0.39, 0.29) is 12.5 Å². The predicted octanol–water partition coefficient (Wildman–Crippen LogP) is 5.90. The molecule has 0 unspecified atom stereocenters. The van der Waals surface area contributed by atoms with Crippen molar-refractivity contribution >= 4 is 17.3 Å². The molecule has 5 nitrogen and oxygen atoms in total. The number of carbonyl (C=O) groups excluding carboxylic acids is 1. The van der Waals surface area contributed by atoms with E-state index in [1.807, 2.05) is 109 Å². The summed E-state index contributed by atoms with van der Waals surface area (Å²) in [5.74, 6) is 1.36. The number of nitrogens with one attached hydrogen (secondary N) is 2. The average molecular weight is 439 g/mol. The molecule has 0 aromatic heterocycles. The van der Waals surface area contributed by atoms with Crippen LogP contribution in [0, 0.1) is 0 Å². The van der Waals surface area contributed by atoms with Gasteiger partial charge in [0.1, 0.15) is 24.7 Å². The molecule has 0 bridgehead atoms. The first kappa shape index (κ1) is 22.0. The number of anilines is 2. The van der Waals surface area contributed by atoms with Crippen LogP contribution in [0.4, 0.5) is 11.4 Å². The van der Waals surface area contributed by atoms with Crippen molar-refractivity contribution in [2.45, 2.75) is 13.2 Å². The topological polar surface area (TPSA) is 59.6 Å². The highest BCUT2D eigenvalue weighted by Gasteiger charge is 2.04. The van der Waals surface area contributed by atoms with Crippen molar-refractivity contribution in [1.82, 2.24) is 0 Å². The molecule has 0 heterocycles. The van der Waals surface area contributed by atoms with Gasteiger partial charge in [-0.2, -0.15) is 0 Å². The fourth-order valence-corrected chi connectivity index (χ4v) is 3.20. The van der Waals surface area contributed by atoms with Gasteiger partial charge in [-0.3, -0.25) is 4.79 Å². The summed E-state index contributed by atoms with van der Waals surface area (Å²) in [6.07, 6.45) is 0. The third-order valence-corrected chi connectivity index (χ3v) is 4.92. The van der Waals surface area contributed by atoms with Gasteiger partial charge in [-0.05, 0) is 47.5 Å². The molecule has 33 heavy (non-hydrogen) atoms. The molecule has 0 atom stereocenters. The SMILES string of the molecule is O=C(CNc1cccc(OCc2ccccc2)c1)Nc1ccc(OCc2ccccc2)cc1. The normalized spacial score (nSPS) is 10.3. The van der Waals surface area contributed by atoms with Gasteiger partial charge in [0.25, 0.3) is 0 Å². The van der Waals surface area contributed by atoms with E-state index in [1.54, 1.807) is 0 Å². The Morgan fingerprint density at radius 2 is 1.21 bits per heavy atom. The molecule has 2 N–H and O–H groups in total. The molecule has 0 aliphatic rings. The molecule has 4 aromatic rings. The Labute approximate surface area is 194 Å². The van der Waals surface area contributed by atoms with Crippen LogP contribution in [0.5, 0.6) is 11.5 Å². The van der Waals surface area contributed by atoms with Gasteiger partial charge in [0.05, 0.1) is 6.54 Å². The zero-order valence-electron chi connectivity index (χ0n) is 18.2. The smallest absolute Gasteiger partial charge is 0.243 e. The molecule has 5 heteroatoms. The molecule has 0 radical (unpaired) electrons. The van der Waals surface area contributed by atoms with E-state index >= 15 is 0 Å². The van der Waals surface area contributed by atoms with Gasteiger partial charge in [-0.25, -0.2) is 0 Å². The number of hydrogen-bond acceptors (Lipinski definition) is 4. The van der Waals surface area contributed by atoms with Crippen molar-refractivity contribution in [3.8, 4) is 11.5 Å². The summed E-state index contributed by atoms with van der Waals surface area (Å²) in [5.41, 5.74) is 3.75. The van der Waals surface area contributed by atoms with Crippen molar-refractivity contribution < 1.29 is 14.3 Å². The molecule has 0 spiro atoms. The maximum absolute atomic E-state index is 12.3. The largest absolute Gasteiger partial charge is 0.489 e. The second-order valence-electron chi connectivity index (χ2n) is 7.50. The lowest BCUT2D eigenvalue weighted by atomic mass is 10.2. The fraction of sp³-hybridized carbons (Fsp3) is 0.107. The minimum absolute atomic E-state index is 0.136. The third-order valence-electron chi connectivity index (χ3n) is 4.92. The molecule has 0 aliphatic heterocycles. The van der Waals surface area contributed by atoms with E-state index in [1.165, 1.54) is 0 Å². The predicted molar refractivity (Wildman–Crippen MR) is 132 cm³/mol. The van der Waals surface area contributed by atoms with Crippen molar-refractivity contribution in [3.63, 3.8) is 0 Å². The second kappa shape index (κ2) is 11.4. The van der Waals surface area contributed by atoms with E-state index in [4.69, 9.17) is 9.47 Å². The first-order chi connectivity index (χ1) is 16.2. The first-order valence-electron chi connectivity index (χ1n) is 10.8. The van der Waals surface area contributed by atoms with Crippen LogP contribution in [0.1, 0.15) is 11.1 Å². The van der Waals surface area contributed by atoms with Crippen LogP contribution in [0.15, 0.2) is 109 Å². The summed E-state index contributed by atoms with van der Waals surface area (Å²) < 4.78 is 11.6. The number of ether oxygens (including phenoxy) is 2. The Morgan fingerprint density at radius 1 is 0.606 bits per heavy atom. The molecule has 166 valence electrons. The van der Waals surface area contributed by atoms with Crippen molar-refractivity contribution in [1.29, 1.82) is 0 Å². The highest BCUT2D eigenvalue weighted by atomic mass is 16.5. The number of rotatable bonds is 10. The van der Waals surface area contributed by atoms with E-state index < -0.39 is 0 Å². The molecule has 0 saturated carbocycles. The Hall–Kier alpha value is -4.25. The van der Waals surface area contributed by atoms with Crippen molar-refractivity contribution in [2.75, 3.05) is 17.2 Å². The molecule has 0 saturated heterocycles. The summed E-state index contributed by atoms with van der Waals surface area (Å²) in [6, 6.07) is 34.9. The first-order valence-corrected chi connectivity index (χ1v) is 10.8. The fourth-order valence-electron chi connectivity index (χ4n) is 3.20. The Bertz CT molecular complexity index is 1150. The lowest BCUT2D eigenvalue weighted by Gasteiger charge is -2.11. The Kier molecular flexibility index (Phi) is 7.58. The summed E-state index contributed by atoms with van der Waals surface area (Å²) >= 11 is 0. The van der Waals surface area contributed by atoms with Gasteiger partial charge in [-0.15, -0.1) is 0 Å². The summed E-state index contributed by atoms with van der Waals surface area (Å²) in [5, 5.41) is 6.02. The summed E-state index contributed by atoms with van der Waals surface area (Å²) in [6.45, 7) is 1.15. The maximum atomic E-state index is 12.3. The van der Waals surface area contributed by atoms with Crippen LogP contribution in [-0.2, 0) is 18.0 Å². The maximum Gasteiger partial charge on any atom is 0.243 e. The standard InChI is InChI=1S/C28H26N2O3/c31-28(30-24-14-16-26(17-15-24)32-20-22-8-3-1-4-9-22)19-29-25-12-7-13-27(18-25)33-21-23-10-5-2-6-11-23/h1-18,29H,19-21H2,(H,30,31). The van der Waals surface area contributed by atoms with Crippen molar-refractivity contribution in [2.24, 2.45) is 0 Å². The molecule has 1 amide bonds. The average Bonchev–Trinajstić information content (AvgIpc) is 2.87. The van der Waals surface area contributed by atoms with E-state index in [2.05, 4.69) is 10.6 Å². The highest BCUT2D eigenvalue weighted by Crippen LogP contribution is 2.19. The van der Waals surface area contributed by atoms with E-state index in [0.717, 1.165) is 28.3 Å². The van der Waals surface area contributed by atoms with Crippen LogP contribution in [-0.4, -0.2) is 12.5 Å². The molecular formula is C28H26N2O3. The molecule has 0 fully saturated rings. The lowest BCUT2D eigenvalue weighted by molar-refractivity contribution is -0.114. The van der Waals surface area contributed by atoms with Gasteiger partial charge < -0.3 is 20.1 Å². The number of carbonyl (C=O) groups is 1. The number of benzene rings is 4. The molecule has 4 rings (SSSR count). The number of amides is 1. The molecule has 0 aliphatic carbocycles. The summed E-state index contributed by atoms with van der Waals surface area (Å²) in [7, 11) is 0. The zero-order chi connectivity index (χ0) is 22.7. The highest BCUT2D eigenvalue weighted by molar-refractivity contribution is 5.93. The Balaban J connectivity index is 1.22. The minimum Gasteiger partial charge on any atom is -0.489 e. The Morgan fingerprint density at radius 3 is 1.85 bits per heavy atom. The van der Waals surface area contributed by atoms with E-state index in [9.17, 15) is 4.79 Å². The van der Waals surface area contributed by atoms with Crippen LogP contribution < -0.4 is 20.1 Å². The second-order valence-corrected chi connectivity index (χ2v) is 7.50. The molecule has 4 aromatic carbocycles. The van der Waals surface area contributed by atoms with Crippen LogP contribution in [0.2, 0.25) is 0 Å².